The van der Waals surface area contributed by atoms with Crippen molar-refractivity contribution in [1.29, 1.82) is 0 Å². The van der Waals surface area contributed by atoms with Gasteiger partial charge in [0.25, 0.3) is 0 Å². The summed E-state index contributed by atoms with van der Waals surface area (Å²) in [7, 11) is 0. The summed E-state index contributed by atoms with van der Waals surface area (Å²) < 4.78 is 11.1. The monoisotopic (exact) mass is 336 g/mol. The van der Waals surface area contributed by atoms with Crippen LogP contribution in [0.3, 0.4) is 0 Å². The number of benzene rings is 2. The van der Waals surface area contributed by atoms with Crippen LogP contribution in [0.1, 0.15) is 36.7 Å². The van der Waals surface area contributed by atoms with Crippen molar-refractivity contribution >= 4 is 0 Å². The lowest BCUT2D eigenvalue weighted by Crippen LogP contribution is -2.18. The Morgan fingerprint density at radius 1 is 1.08 bits per heavy atom. The third kappa shape index (κ3) is 4.48. The Balaban J connectivity index is 1.60. The Morgan fingerprint density at radius 3 is 2.48 bits per heavy atom. The number of hydrogen-bond acceptors (Lipinski definition) is 4. The highest BCUT2D eigenvalue weighted by Crippen LogP contribution is 2.22. The third-order valence-electron chi connectivity index (χ3n) is 4.13. The minimum Gasteiger partial charge on any atom is -0.494 e. The number of rotatable bonds is 7. The third-order valence-corrected chi connectivity index (χ3v) is 4.13. The molecule has 0 saturated carbocycles. The van der Waals surface area contributed by atoms with Crippen LogP contribution in [0.4, 0.5) is 0 Å². The number of oxazole rings is 1. The molecule has 0 spiro atoms. The van der Waals surface area contributed by atoms with Crippen molar-refractivity contribution in [3.8, 4) is 17.2 Å². The van der Waals surface area contributed by atoms with Crippen LogP contribution in [0.5, 0.6) is 5.75 Å². The summed E-state index contributed by atoms with van der Waals surface area (Å²) in [5.74, 6) is 1.48. The topological polar surface area (TPSA) is 47.3 Å². The minimum absolute atomic E-state index is 0.256. The zero-order valence-electron chi connectivity index (χ0n) is 15.0. The van der Waals surface area contributed by atoms with Crippen LogP contribution in [0, 0.1) is 6.92 Å². The van der Waals surface area contributed by atoms with Gasteiger partial charge in [-0.15, -0.1) is 0 Å². The maximum absolute atomic E-state index is 5.61. The van der Waals surface area contributed by atoms with Crippen LogP contribution in [-0.4, -0.2) is 11.6 Å². The fourth-order valence-electron chi connectivity index (χ4n) is 2.61. The van der Waals surface area contributed by atoms with Gasteiger partial charge in [0, 0.05) is 18.2 Å². The average molecular weight is 336 g/mol. The molecule has 0 fully saturated rings. The minimum atomic E-state index is 0.256. The Labute approximate surface area is 148 Å². The fraction of sp³-hybridized carbons (Fsp3) is 0.286. The second-order valence-electron chi connectivity index (χ2n) is 6.11. The normalized spacial score (nSPS) is 12.1. The molecular formula is C21H24N2O2. The molecule has 3 aromatic rings. The van der Waals surface area contributed by atoms with E-state index >= 15 is 0 Å². The molecule has 1 atom stereocenters. The molecule has 0 unspecified atom stereocenters. The number of aryl methyl sites for hydroxylation is 1. The highest BCUT2D eigenvalue weighted by atomic mass is 16.5. The predicted molar refractivity (Wildman–Crippen MR) is 99.5 cm³/mol. The largest absolute Gasteiger partial charge is 0.494 e. The van der Waals surface area contributed by atoms with Crippen LogP contribution in [0.15, 0.2) is 59.2 Å². The molecule has 0 amide bonds. The molecule has 1 aromatic heterocycles. The molecule has 4 heteroatoms. The number of aromatic nitrogens is 1. The molecule has 130 valence electrons. The lowest BCUT2D eigenvalue weighted by Gasteiger charge is -2.13. The second kappa shape index (κ2) is 7.99. The van der Waals surface area contributed by atoms with Crippen LogP contribution in [0.25, 0.3) is 11.5 Å². The molecule has 0 aliphatic heterocycles. The maximum atomic E-state index is 5.61. The Morgan fingerprint density at radius 2 is 1.80 bits per heavy atom. The van der Waals surface area contributed by atoms with Gasteiger partial charge in [-0.05, 0) is 50.6 Å². The summed E-state index contributed by atoms with van der Waals surface area (Å²) in [6.45, 7) is 7.54. The molecule has 0 bridgehead atoms. The first-order valence-corrected chi connectivity index (χ1v) is 8.63. The molecule has 25 heavy (non-hydrogen) atoms. The van der Waals surface area contributed by atoms with Crippen molar-refractivity contribution in [2.24, 2.45) is 0 Å². The van der Waals surface area contributed by atoms with Gasteiger partial charge in [0.1, 0.15) is 12.0 Å². The van der Waals surface area contributed by atoms with Crippen molar-refractivity contribution in [2.75, 3.05) is 6.61 Å². The quantitative estimate of drug-likeness (QED) is 0.666. The molecule has 0 aliphatic rings. The summed E-state index contributed by atoms with van der Waals surface area (Å²) in [5.41, 5.74) is 4.37. The summed E-state index contributed by atoms with van der Waals surface area (Å²) >= 11 is 0. The summed E-state index contributed by atoms with van der Waals surface area (Å²) in [6, 6.07) is 16.6. The smallest absolute Gasteiger partial charge is 0.226 e. The van der Waals surface area contributed by atoms with E-state index in [-0.39, 0.29) is 6.04 Å². The SMILES string of the molecule is CCOc1ccc(-c2nc(CN[C@H](C)c3ccc(C)cc3)co2)cc1. The number of nitrogens with zero attached hydrogens (tertiary/aromatic N) is 1. The summed E-state index contributed by atoms with van der Waals surface area (Å²) in [5, 5.41) is 3.48. The predicted octanol–water partition coefficient (Wildman–Crippen LogP) is 4.90. The first kappa shape index (κ1) is 17.2. The van der Waals surface area contributed by atoms with Gasteiger partial charge in [-0.25, -0.2) is 4.98 Å². The Hall–Kier alpha value is -2.59. The first-order valence-electron chi connectivity index (χ1n) is 8.63. The van der Waals surface area contributed by atoms with Crippen molar-refractivity contribution < 1.29 is 9.15 Å². The zero-order chi connectivity index (χ0) is 17.6. The highest BCUT2D eigenvalue weighted by molar-refractivity contribution is 5.54. The van der Waals surface area contributed by atoms with Gasteiger partial charge >= 0.3 is 0 Å². The van der Waals surface area contributed by atoms with Gasteiger partial charge in [-0.1, -0.05) is 29.8 Å². The molecule has 0 aliphatic carbocycles. The standard InChI is InChI=1S/C21H24N2O2/c1-4-24-20-11-9-18(10-12-20)21-23-19(14-25-21)13-22-16(3)17-7-5-15(2)6-8-17/h5-12,14,16,22H,4,13H2,1-3H3/t16-/m1/s1. The lowest BCUT2D eigenvalue weighted by atomic mass is 10.1. The van der Waals surface area contributed by atoms with Crippen LogP contribution < -0.4 is 10.1 Å². The maximum Gasteiger partial charge on any atom is 0.226 e. The number of nitrogens with one attached hydrogen (secondary N) is 1. The molecule has 1 N–H and O–H groups in total. The molecule has 0 radical (unpaired) electrons. The highest BCUT2D eigenvalue weighted by Gasteiger charge is 2.09. The van der Waals surface area contributed by atoms with E-state index in [2.05, 4.69) is 48.4 Å². The molecule has 3 rings (SSSR count). The summed E-state index contributed by atoms with van der Waals surface area (Å²) in [6.07, 6.45) is 1.71. The van der Waals surface area contributed by atoms with E-state index in [1.165, 1.54) is 11.1 Å². The second-order valence-corrected chi connectivity index (χ2v) is 6.11. The van der Waals surface area contributed by atoms with Gasteiger partial charge in [-0.2, -0.15) is 0 Å². The number of ether oxygens (including phenoxy) is 1. The van der Waals surface area contributed by atoms with Gasteiger partial charge in [0.05, 0.1) is 12.3 Å². The van der Waals surface area contributed by atoms with Crippen molar-refractivity contribution in [3.63, 3.8) is 0 Å². The van der Waals surface area contributed by atoms with Crippen molar-refractivity contribution in [2.45, 2.75) is 33.4 Å². The molecular weight excluding hydrogens is 312 g/mol. The lowest BCUT2D eigenvalue weighted by molar-refractivity contribution is 0.340. The van der Waals surface area contributed by atoms with Crippen molar-refractivity contribution in [1.82, 2.24) is 10.3 Å². The number of hydrogen-bond donors (Lipinski definition) is 1. The van der Waals surface area contributed by atoms with E-state index in [9.17, 15) is 0 Å². The first-order chi connectivity index (χ1) is 12.2. The van der Waals surface area contributed by atoms with E-state index in [4.69, 9.17) is 9.15 Å². The average Bonchev–Trinajstić information content (AvgIpc) is 3.10. The molecule has 4 nitrogen and oxygen atoms in total. The van der Waals surface area contributed by atoms with Gasteiger partial charge in [0.2, 0.25) is 5.89 Å². The van der Waals surface area contributed by atoms with E-state index in [1.807, 2.05) is 31.2 Å². The van der Waals surface area contributed by atoms with Gasteiger partial charge in [-0.3, -0.25) is 0 Å². The van der Waals surface area contributed by atoms with Gasteiger partial charge < -0.3 is 14.5 Å². The summed E-state index contributed by atoms with van der Waals surface area (Å²) in [4.78, 5) is 4.57. The Bertz CT molecular complexity index is 792. The molecule has 1 heterocycles. The van der Waals surface area contributed by atoms with Crippen molar-refractivity contribution in [3.05, 3.63) is 71.6 Å². The van der Waals surface area contributed by atoms with E-state index in [0.29, 0.717) is 19.0 Å². The van der Waals surface area contributed by atoms with Crippen LogP contribution >= 0.6 is 0 Å². The molecule has 0 saturated heterocycles. The van der Waals surface area contributed by atoms with Crippen LogP contribution in [0.2, 0.25) is 0 Å². The van der Waals surface area contributed by atoms with E-state index < -0.39 is 0 Å². The molecule has 2 aromatic carbocycles. The Kier molecular flexibility index (Phi) is 5.51. The fourth-order valence-corrected chi connectivity index (χ4v) is 2.61. The van der Waals surface area contributed by atoms with Crippen LogP contribution in [-0.2, 0) is 6.54 Å². The van der Waals surface area contributed by atoms with E-state index in [1.54, 1.807) is 6.26 Å². The van der Waals surface area contributed by atoms with E-state index in [0.717, 1.165) is 17.0 Å². The van der Waals surface area contributed by atoms with Gasteiger partial charge in [0.15, 0.2) is 0 Å². The zero-order valence-corrected chi connectivity index (χ0v) is 15.0.